The molecule has 1 aromatic heterocycles. The van der Waals surface area contributed by atoms with Crippen molar-refractivity contribution in [3.8, 4) is 17.0 Å². The normalized spacial score (nSPS) is 10.0. The van der Waals surface area contributed by atoms with Gasteiger partial charge in [-0.05, 0) is 24.3 Å². The van der Waals surface area contributed by atoms with E-state index < -0.39 is 6.09 Å². The summed E-state index contributed by atoms with van der Waals surface area (Å²) in [4.78, 5) is 16.1. The number of nitrogens with zero attached hydrogens (tertiary/aromatic N) is 1. The number of nitrogens with one attached hydrogen (secondary N) is 1. The fourth-order valence-corrected chi connectivity index (χ4v) is 1.99. The van der Waals surface area contributed by atoms with Crippen molar-refractivity contribution >= 4 is 11.8 Å². The van der Waals surface area contributed by atoms with Gasteiger partial charge in [-0.3, -0.25) is 10.3 Å². The van der Waals surface area contributed by atoms with E-state index in [4.69, 9.17) is 4.74 Å². The summed E-state index contributed by atoms with van der Waals surface area (Å²) in [6.07, 6.45) is 1.06. The Bertz CT molecular complexity index is 741. The lowest BCUT2D eigenvalue weighted by Gasteiger charge is -2.07. The van der Waals surface area contributed by atoms with Crippen molar-refractivity contribution in [2.24, 2.45) is 0 Å². The number of pyridine rings is 1. The van der Waals surface area contributed by atoms with E-state index in [1.54, 1.807) is 36.5 Å². The first-order chi connectivity index (χ1) is 10.8. The van der Waals surface area contributed by atoms with E-state index in [0.717, 1.165) is 11.3 Å². The molecule has 0 atom stereocenters. The molecule has 2 aromatic carbocycles. The molecule has 108 valence electrons. The minimum absolute atomic E-state index is 0.494. The summed E-state index contributed by atoms with van der Waals surface area (Å²) in [6.45, 7) is 0. The zero-order valence-corrected chi connectivity index (χ0v) is 11.8. The third kappa shape index (κ3) is 3.49. The minimum atomic E-state index is -0.541. The molecule has 1 N–H and O–H groups in total. The van der Waals surface area contributed by atoms with Crippen molar-refractivity contribution in [3.63, 3.8) is 0 Å². The van der Waals surface area contributed by atoms with E-state index in [0.29, 0.717) is 11.4 Å². The van der Waals surface area contributed by atoms with Crippen LogP contribution < -0.4 is 10.1 Å². The average Bonchev–Trinajstić information content (AvgIpc) is 2.57. The molecule has 0 saturated carbocycles. The van der Waals surface area contributed by atoms with Crippen LogP contribution in [0.3, 0.4) is 0 Å². The Morgan fingerprint density at radius 3 is 2.18 bits per heavy atom. The highest BCUT2D eigenvalue weighted by Crippen LogP contribution is 2.18. The highest BCUT2D eigenvalue weighted by atomic mass is 16.6. The van der Waals surface area contributed by atoms with Gasteiger partial charge in [-0.1, -0.05) is 48.5 Å². The summed E-state index contributed by atoms with van der Waals surface area (Å²) in [7, 11) is 0. The second-order valence-electron chi connectivity index (χ2n) is 4.63. The van der Waals surface area contributed by atoms with Crippen LogP contribution in [-0.4, -0.2) is 11.1 Å². The Labute approximate surface area is 128 Å². The number of para-hydroxylation sites is 1. The molecule has 0 bridgehead atoms. The number of aromatic nitrogens is 1. The molecule has 1 amide bonds. The average molecular weight is 290 g/mol. The van der Waals surface area contributed by atoms with Crippen molar-refractivity contribution in [2.45, 2.75) is 0 Å². The number of benzene rings is 2. The van der Waals surface area contributed by atoms with Crippen molar-refractivity contribution in [1.29, 1.82) is 0 Å². The van der Waals surface area contributed by atoms with Crippen molar-refractivity contribution in [2.75, 3.05) is 5.32 Å². The van der Waals surface area contributed by atoms with E-state index >= 15 is 0 Å². The third-order valence-corrected chi connectivity index (χ3v) is 3.03. The number of hydrogen-bond donors (Lipinski definition) is 1. The van der Waals surface area contributed by atoms with Crippen LogP contribution in [0.4, 0.5) is 10.5 Å². The maximum Gasteiger partial charge on any atom is 0.417 e. The molecule has 0 radical (unpaired) electrons. The number of carbonyl (C=O) groups is 1. The Balaban J connectivity index is 1.65. The number of carbonyl (C=O) groups excluding carboxylic acids is 1. The highest BCUT2D eigenvalue weighted by Gasteiger charge is 2.05. The number of hydrogen-bond acceptors (Lipinski definition) is 3. The molecule has 0 aliphatic rings. The molecular weight excluding hydrogens is 276 g/mol. The second-order valence-corrected chi connectivity index (χ2v) is 4.63. The monoisotopic (exact) mass is 290 g/mol. The van der Waals surface area contributed by atoms with Crippen LogP contribution in [0.15, 0.2) is 79.0 Å². The highest BCUT2D eigenvalue weighted by molar-refractivity contribution is 5.86. The van der Waals surface area contributed by atoms with E-state index in [1.165, 1.54) is 0 Å². The molecule has 4 nitrogen and oxygen atoms in total. The SMILES string of the molecule is O=C(Nc1ccc(-c2ccccc2)nc1)Oc1ccccc1. The van der Waals surface area contributed by atoms with Crippen LogP contribution in [-0.2, 0) is 0 Å². The van der Waals surface area contributed by atoms with Crippen LogP contribution in [0, 0.1) is 0 Å². The molecule has 0 unspecified atom stereocenters. The maximum atomic E-state index is 11.8. The lowest BCUT2D eigenvalue weighted by Crippen LogP contribution is -2.16. The van der Waals surface area contributed by atoms with Gasteiger partial charge in [0.25, 0.3) is 0 Å². The number of ether oxygens (including phenoxy) is 1. The van der Waals surface area contributed by atoms with Gasteiger partial charge in [0.1, 0.15) is 5.75 Å². The van der Waals surface area contributed by atoms with Gasteiger partial charge in [-0.15, -0.1) is 0 Å². The Hall–Kier alpha value is -3.14. The topological polar surface area (TPSA) is 51.2 Å². The Morgan fingerprint density at radius 1 is 0.864 bits per heavy atom. The molecule has 0 aliphatic carbocycles. The minimum Gasteiger partial charge on any atom is -0.410 e. The third-order valence-electron chi connectivity index (χ3n) is 3.03. The molecule has 0 aliphatic heterocycles. The maximum absolute atomic E-state index is 11.8. The van der Waals surface area contributed by atoms with Gasteiger partial charge in [0.2, 0.25) is 0 Å². The van der Waals surface area contributed by atoms with Gasteiger partial charge in [-0.2, -0.15) is 0 Å². The van der Waals surface area contributed by atoms with Crippen LogP contribution in [0.5, 0.6) is 5.75 Å². The van der Waals surface area contributed by atoms with E-state index in [-0.39, 0.29) is 0 Å². The summed E-state index contributed by atoms with van der Waals surface area (Å²) >= 11 is 0. The first-order valence-corrected chi connectivity index (χ1v) is 6.86. The quantitative estimate of drug-likeness (QED) is 0.779. The largest absolute Gasteiger partial charge is 0.417 e. The first-order valence-electron chi connectivity index (χ1n) is 6.86. The van der Waals surface area contributed by atoms with Crippen LogP contribution in [0.2, 0.25) is 0 Å². The van der Waals surface area contributed by atoms with E-state index in [1.807, 2.05) is 42.5 Å². The predicted molar refractivity (Wildman–Crippen MR) is 85.8 cm³/mol. The van der Waals surface area contributed by atoms with Crippen molar-refractivity contribution < 1.29 is 9.53 Å². The van der Waals surface area contributed by atoms with Gasteiger partial charge < -0.3 is 4.74 Å². The number of rotatable bonds is 3. The van der Waals surface area contributed by atoms with E-state index in [2.05, 4.69) is 10.3 Å². The van der Waals surface area contributed by atoms with Gasteiger partial charge in [0.05, 0.1) is 17.6 Å². The van der Waals surface area contributed by atoms with Crippen molar-refractivity contribution in [1.82, 2.24) is 4.98 Å². The molecule has 0 fully saturated rings. The molecular formula is C18H14N2O2. The van der Waals surface area contributed by atoms with Gasteiger partial charge in [0.15, 0.2) is 0 Å². The number of amides is 1. The van der Waals surface area contributed by atoms with Crippen LogP contribution >= 0.6 is 0 Å². The standard InChI is InChI=1S/C18H14N2O2/c21-18(22-16-9-5-2-6-10-16)20-15-11-12-17(19-13-15)14-7-3-1-4-8-14/h1-13H,(H,20,21). The molecule has 22 heavy (non-hydrogen) atoms. The number of anilines is 1. The van der Waals surface area contributed by atoms with E-state index in [9.17, 15) is 4.79 Å². The summed E-state index contributed by atoms with van der Waals surface area (Å²) in [5, 5.41) is 2.65. The van der Waals surface area contributed by atoms with Gasteiger partial charge >= 0.3 is 6.09 Å². The molecule has 3 aromatic rings. The summed E-state index contributed by atoms with van der Waals surface area (Å²) in [5.41, 5.74) is 2.46. The fraction of sp³-hybridized carbons (Fsp3) is 0. The molecule has 0 spiro atoms. The van der Waals surface area contributed by atoms with Gasteiger partial charge in [-0.25, -0.2) is 4.79 Å². The smallest absolute Gasteiger partial charge is 0.410 e. The van der Waals surface area contributed by atoms with Crippen LogP contribution in [0.25, 0.3) is 11.3 Å². The molecule has 1 heterocycles. The zero-order chi connectivity index (χ0) is 15.2. The zero-order valence-electron chi connectivity index (χ0n) is 11.8. The molecule has 4 heteroatoms. The van der Waals surface area contributed by atoms with Crippen molar-refractivity contribution in [3.05, 3.63) is 79.0 Å². The first kappa shape index (κ1) is 13.8. The molecule has 3 rings (SSSR count). The fourth-order valence-electron chi connectivity index (χ4n) is 1.99. The second kappa shape index (κ2) is 6.54. The van der Waals surface area contributed by atoms with Crippen LogP contribution in [0.1, 0.15) is 0 Å². The lowest BCUT2D eigenvalue weighted by atomic mass is 10.1. The molecule has 0 saturated heterocycles. The summed E-state index contributed by atoms with van der Waals surface area (Å²) in [5.74, 6) is 0.494. The predicted octanol–water partition coefficient (Wildman–Crippen LogP) is 4.36. The Kier molecular flexibility index (Phi) is 4.11. The lowest BCUT2D eigenvalue weighted by molar-refractivity contribution is 0.215. The van der Waals surface area contributed by atoms with Gasteiger partial charge in [0, 0.05) is 5.56 Å². The summed E-state index contributed by atoms with van der Waals surface area (Å²) < 4.78 is 5.16. The Morgan fingerprint density at radius 2 is 1.55 bits per heavy atom. The summed E-state index contributed by atoms with van der Waals surface area (Å²) in [6, 6.07) is 22.4.